The van der Waals surface area contributed by atoms with Gasteiger partial charge in [0.15, 0.2) is 6.29 Å². The molecule has 87 heavy (non-hydrogen) atoms. The number of allylic oxidation sites excluding steroid dienone is 7. The average Bonchev–Trinajstić information content (AvgIpc) is 2.81. The number of carbonyl (C=O) groups is 2. The minimum Gasteiger partial charge on any atom is -0.726 e. The number of unbranched alkanes of at least 4 members (excludes halogenated alkanes) is 6. The van der Waals surface area contributed by atoms with E-state index in [1.807, 2.05) is 6.08 Å². The summed E-state index contributed by atoms with van der Waals surface area (Å²) < 4.78 is 67.1. The molecule has 20 nitrogen and oxygen atoms in total. The van der Waals surface area contributed by atoms with E-state index in [4.69, 9.17) is 23.7 Å². The molecule has 0 saturated carbocycles. The van der Waals surface area contributed by atoms with Gasteiger partial charge >= 0.3 is 29.6 Å². The van der Waals surface area contributed by atoms with Crippen molar-refractivity contribution in [3.05, 3.63) is 61.3 Å². The predicted octanol–water partition coefficient (Wildman–Crippen LogP) is 4.28. The first-order valence-electron chi connectivity index (χ1n) is 32.2. The largest absolute Gasteiger partial charge is 1.00 e. The van der Waals surface area contributed by atoms with Gasteiger partial charge in [-0.05, 0) is 128 Å². The first-order valence-corrected chi connectivity index (χ1v) is 33.5. The number of rotatable bonds is 49. The number of carbonyl (C=O) groups excluding carboxylic acids is 2. The second kappa shape index (κ2) is 43.3. The number of aliphatic hydroxyl groups is 9. The van der Waals surface area contributed by atoms with Gasteiger partial charge in [-0.15, -0.1) is 6.58 Å². The van der Waals surface area contributed by atoms with E-state index in [9.17, 15) is 68.5 Å². The van der Waals surface area contributed by atoms with E-state index in [1.54, 1.807) is 0 Å². The summed E-state index contributed by atoms with van der Waals surface area (Å²) in [6, 6.07) is 0. The molecule has 0 amide bonds. The van der Waals surface area contributed by atoms with Crippen molar-refractivity contribution in [3.8, 4) is 0 Å². The van der Waals surface area contributed by atoms with E-state index in [1.165, 1.54) is 25.3 Å². The van der Waals surface area contributed by atoms with Crippen molar-refractivity contribution in [2.75, 3.05) is 6.61 Å². The zero-order valence-corrected chi connectivity index (χ0v) is 55.5. The zero-order valence-electron chi connectivity index (χ0n) is 52.6. The van der Waals surface area contributed by atoms with Crippen molar-refractivity contribution in [2.24, 2.45) is 11.8 Å². The second-order valence-electron chi connectivity index (χ2n) is 25.1. The summed E-state index contributed by atoms with van der Waals surface area (Å²) >= 11 is 0. The maximum atomic E-state index is 13.0. The van der Waals surface area contributed by atoms with Gasteiger partial charge in [-0.3, -0.25) is 13.8 Å². The molecular weight excluding hydrogens is 1160 g/mol. The van der Waals surface area contributed by atoms with Crippen LogP contribution in [0.1, 0.15) is 207 Å². The topological polar surface area (TPSA) is 335 Å². The molecule has 4 rings (SSSR count). The van der Waals surface area contributed by atoms with Gasteiger partial charge < -0.3 is 74.2 Å². The van der Waals surface area contributed by atoms with Crippen LogP contribution in [-0.4, -0.2) is 187 Å². The Labute approximate surface area is 541 Å². The molecule has 9 N–H and O–H groups in total. The summed E-state index contributed by atoms with van der Waals surface area (Å²) in [6.07, 6.45) is 16.5. The molecule has 4 aliphatic rings. The van der Waals surface area contributed by atoms with Gasteiger partial charge in [0.2, 0.25) is 10.4 Å². The third-order valence-electron chi connectivity index (χ3n) is 16.9. The number of hydrogen-bond acceptors (Lipinski definition) is 20. The van der Waals surface area contributed by atoms with Crippen LogP contribution < -0.4 is 29.6 Å². The maximum Gasteiger partial charge on any atom is 1.00 e. The number of ketones is 2. The number of ether oxygens (including phenoxy) is 5. The molecule has 0 bridgehead atoms. The molecule has 0 aromatic heterocycles. The van der Waals surface area contributed by atoms with E-state index in [0.29, 0.717) is 49.1 Å². The van der Waals surface area contributed by atoms with Crippen molar-refractivity contribution in [2.45, 2.75) is 317 Å². The molecule has 0 radical (unpaired) electrons. The molecule has 0 aromatic carbocycles. The molecule has 0 spiro atoms. The van der Waals surface area contributed by atoms with Gasteiger partial charge in [-0.2, -0.15) is 0 Å². The van der Waals surface area contributed by atoms with Gasteiger partial charge in [0.1, 0.15) is 42.1 Å². The predicted molar refractivity (Wildman–Crippen MR) is 324 cm³/mol. The fraction of sp³-hybridized carbons (Fsp3) is 0.815. The normalized spacial score (nSPS) is 29.1. The van der Waals surface area contributed by atoms with Crippen LogP contribution in [0.2, 0.25) is 0 Å². The van der Waals surface area contributed by atoms with Crippen molar-refractivity contribution >= 4 is 22.0 Å². The molecular formula is C65H109NaO20S. The Morgan fingerprint density at radius 3 is 2.03 bits per heavy atom. The SMILES string of the molecule is C=CCCC1OC1CC(=C)CCC1OC1CCCC/C=C/CC/C=C/CC(C)/C=C/CC(C)CCCCCCC(=O)CCCC(CC(O)CC(=O)CC(O)CCC(O)[C@@H]1C[C@H](O)[C@H](OS(=O)(=O)[O-])[C@@H](CC(C)O)O1)O[C@@H]1O[C@H](CO)[C@@H](O)[C@H](O)[C@H]1O.[Na+]. The van der Waals surface area contributed by atoms with E-state index in [2.05, 4.69) is 67.6 Å². The number of Topliss-reactive ketones (excluding diaryl/α,β-unsaturated/α-hetero) is 2. The third kappa shape index (κ3) is 33.7. The Kier molecular flexibility index (Phi) is 39.6. The van der Waals surface area contributed by atoms with Crippen LogP contribution in [0.25, 0.3) is 0 Å². The van der Waals surface area contributed by atoms with Crippen LogP contribution in [-0.2, 0) is 47.9 Å². The van der Waals surface area contributed by atoms with Gasteiger partial charge in [0.25, 0.3) is 0 Å². The van der Waals surface area contributed by atoms with Crippen LogP contribution in [0.15, 0.2) is 61.3 Å². The smallest absolute Gasteiger partial charge is 0.726 e. The van der Waals surface area contributed by atoms with E-state index >= 15 is 0 Å². The Bertz CT molecular complexity index is 2140. The van der Waals surface area contributed by atoms with Crippen LogP contribution >= 0.6 is 0 Å². The molecule has 496 valence electrons. The summed E-state index contributed by atoms with van der Waals surface area (Å²) in [5.41, 5.74) is 1.29. The van der Waals surface area contributed by atoms with Gasteiger partial charge in [-0.1, -0.05) is 101 Å². The second-order valence-corrected chi connectivity index (χ2v) is 26.1. The molecule has 4 heterocycles. The Morgan fingerprint density at radius 1 is 0.655 bits per heavy atom. The Balaban J connectivity index is 0.0000198. The summed E-state index contributed by atoms with van der Waals surface area (Å²) in [5.74, 6) is 0.566. The van der Waals surface area contributed by atoms with Crippen molar-refractivity contribution in [1.82, 2.24) is 0 Å². The van der Waals surface area contributed by atoms with Gasteiger partial charge in [0.05, 0.1) is 79.9 Å². The van der Waals surface area contributed by atoms with Crippen LogP contribution in [0.5, 0.6) is 0 Å². The molecule has 22 heteroatoms. The number of epoxide rings is 2. The molecule has 11 unspecified atom stereocenters. The van der Waals surface area contributed by atoms with Crippen LogP contribution in [0.4, 0.5) is 0 Å². The van der Waals surface area contributed by atoms with Gasteiger partial charge in [0, 0.05) is 44.9 Å². The fourth-order valence-corrected chi connectivity index (χ4v) is 12.1. The van der Waals surface area contributed by atoms with E-state index in [0.717, 1.165) is 103 Å². The zero-order chi connectivity index (χ0) is 63.2. The van der Waals surface area contributed by atoms with Crippen molar-refractivity contribution in [1.29, 1.82) is 0 Å². The van der Waals surface area contributed by atoms with Crippen molar-refractivity contribution in [3.63, 3.8) is 0 Å². The molecule has 20 atom stereocenters. The molecule has 4 aliphatic heterocycles. The molecule has 0 aromatic rings. The summed E-state index contributed by atoms with van der Waals surface area (Å²) in [4.78, 5) is 26.0. The first kappa shape index (κ1) is 79.6. The quantitative estimate of drug-likeness (QED) is 0.0102. The Hall–Kier alpha value is -1.65. The average molecular weight is 1270 g/mol. The standard InChI is InChI=1S/C65H110O20S.Na/c1-6-7-30-55-58(82-55)36-45(4)32-35-56-54(81-56)31-20-14-12-10-8-9-11-13-17-23-43(2)25-21-26-44(3)24-18-15-16-19-27-47(68)28-22-29-51(80-65-63(76)62(75)61(74)60(42-66)84-65)40-50(71)39-49(70)38-48(69)33-34-52(72)57-41-53(73)64(85-86(77,78)79)59(83-57)37-46(5)67;/h6,8,10,13,17,21,25,43-44,46,48,50-67,69,71-76H,1,4,7,9,11-12,14-16,18-20,22-24,26-42H2,2-3,5H3,(H,77,78,79);/q;+1/p-1/b10-8+,17-13+,25-21+;/t43?,44?,46?,48?,50?,51?,52?,53-,54?,55?,56?,57-,58?,59+,60+,61+,62-,63+,64-,65+;/m0./s1. The Morgan fingerprint density at radius 2 is 1.32 bits per heavy atom. The van der Waals surface area contributed by atoms with E-state index < -0.39 is 121 Å². The molecule has 0 aliphatic carbocycles. The third-order valence-corrected chi connectivity index (χ3v) is 17.3. The fourth-order valence-electron chi connectivity index (χ4n) is 11.6. The van der Waals surface area contributed by atoms with Crippen molar-refractivity contribution < 1.29 is 126 Å². The minimum atomic E-state index is -5.24. The molecule has 4 fully saturated rings. The molecule has 4 saturated heterocycles. The van der Waals surface area contributed by atoms with Crippen LogP contribution in [0, 0.1) is 11.8 Å². The van der Waals surface area contributed by atoms with Gasteiger partial charge in [-0.25, -0.2) is 8.42 Å². The number of hydrogen-bond donors (Lipinski definition) is 9. The summed E-state index contributed by atoms with van der Waals surface area (Å²) in [5, 5.41) is 94.1. The summed E-state index contributed by atoms with van der Waals surface area (Å²) in [7, 11) is -5.24. The summed E-state index contributed by atoms with van der Waals surface area (Å²) in [6.45, 7) is 13.3. The minimum absolute atomic E-state index is 0. The monoisotopic (exact) mass is 1260 g/mol. The van der Waals surface area contributed by atoms with E-state index in [-0.39, 0.29) is 80.3 Å². The maximum absolute atomic E-state index is 13.0. The van der Waals surface area contributed by atoms with Crippen LogP contribution in [0.3, 0.4) is 0 Å². The number of aliphatic hydroxyl groups excluding tert-OH is 9. The first-order chi connectivity index (χ1) is 41.0.